The number of rotatable bonds is 2. The van der Waals surface area contributed by atoms with Gasteiger partial charge < -0.3 is 0 Å². The van der Waals surface area contributed by atoms with Crippen LogP contribution in [0.2, 0.25) is 0 Å². The molecule has 0 aromatic heterocycles. The van der Waals surface area contributed by atoms with Gasteiger partial charge in [0.05, 0.1) is 12.0 Å². The molecule has 1 aromatic carbocycles. The van der Waals surface area contributed by atoms with Gasteiger partial charge in [0.25, 0.3) is 0 Å². The molecule has 1 rings (SSSR count). The zero-order valence-electron chi connectivity index (χ0n) is 9.33. The van der Waals surface area contributed by atoms with Gasteiger partial charge in [0.2, 0.25) is 0 Å². The van der Waals surface area contributed by atoms with E-state index in [9.17, 15) is 0 Å². The second-order valence-corrected chi connectivity index (χ2v) is 4.12. The summed E-state index contributed by atoms with van der Waals surface area (Å²) in [5.41, 5.74) is 3.79. The lowest BCUT2D eigenvalue weighted by molar-refractivity contribution is 0.847. The normalized spacial score (nSPS) is 12.6. The molecule has 0 heterocycles. The molecule has 1 atom stereocenters. The molecule has 74 valence electrons. The molecule has 1 unspecified atom stereocenters. The van der Waals surface area contributed by atoms with E-state index in [1.54, 1.807) is 0 Å². The average molecular weight is 187 g/mol. The lowest BCUT2D eigenvalue weighted by atomic mass is 9.92. The van der Waals surface area contributed by atoms with E-state index in [2.05, 4.69) is 45.0 Å². The van der Waals surface area contributed by atoms with Crippen LogP contribution >= 0.6 is 0 Å². The van der Waals surface area contributed by atoms with E-state index in [4.69, 9.17) is 5.26 Å². The lowest BCUT2D eigenvalue weighted by Gasteiger charge is -2.12. The summed E-state index contributed by atoms with van der Waals surface area (Å²) in [6.45, 7) is 8.43. The van der Waals surface area contributed by atoms with Gasteiger partial charge in [-0.3, -0.25) is 0 Å². The molecule has 1 heteroatoms. The minimum atomic E-state index is -0.00639. The van der Waals surface area contributed by atoms with Gasteiger partial charge in [-0.15, -0.1) is 0 Å². The van der Waals surface area contributed by atoms with Crippen molar-refractivity contribution in [1.29, 1.82) is 5.26 Å². The molecule has 0 aliphatic heterocycles. The topological polar surface area (TPSA) is 23.8 Å². The molecule has 0 amide bonds. The second kappa shape index (κ2) is 4.28. The predicted molar refractivity (Wildman–Crippen MR) is 59.3 cm³/mol. The summed E-state index contributed by atoms with van der Waals surface area (Å²) >= 11 is 0. The summed E-state index contributed by atoms with van der Waals surface area (Å²) in [5, 5.41) is 8.84. The monoisotopic (exact) mass is 187 g/mol. The first-order valence-corrected chi connectivity index (χ1v) is 5.06. The van der Waals surface area contributed by atoms with Crippen molar-refractivity contribution in [3.05, 3.63) is 34.9 Å². The Balaban J connectivity index is 3.14. The summed E-state index contributed by atoms with van der Waals surface area (Å²) in [4.78, 5) is 0. The van der Waals surface area contributed by atoms with E-state index in [-0.39, 0.29) is 5.92 Å². The number of hydrogen-bond donors (Lipinski definition) is 0. The van der Waals surface area contributed by atoms with Crippen molar-refractivity contribution in [2.45, 2.75) is 39.5 Å². The third kappa shape index (κ3) is 2.14. The second-order valence-electron chi connectivity index (χ2n) is 4.12. The highest BCUT2D eigenvalue weighted by molar-refractivity contribution is 5.36. The van der Waals surface area contributed by atoms with Crippen LogP contribution in [0.1, 0.15) is 49.3 Å². The Morgan fingerprint density at radius 1 is 1.21 bits per heavy atom. The fraction of sp³-hybridized carbons (Fsp3) is 0.462. The van der Waals surface area contributed by atoms with Crippen molar-refractivity contribution in [2.75, 3.05) is 0 Å². The Kier molecular flexibility index (Phi) is 3.30. The van der Waals surface area contributed by atoms with Crippen LogP contribution in [-0.4, -0.2) is 0 Å². The molecule has 1 nitrogen and oxygen atoms in total. The van der Waals surface area contributed by atoms with E-state index in [1.165, 1.54) is 11.1 Å². The van der Waals surface area contributed by atoms with Crippen LogP contribution in [0.5, 0.6) is 0 Å². The molecule has 0 saturated heterocycles. The van der Waals surface area contributed by atoms with Crippen LogP contribution in [0, 0.1) is 18.3 Å². The summed E-state index contributed by atoms with van der Waals surface area (Å²) in [7, 11) is 0. The summed E-state index contributed by atoms with van der Waals surface area (Å²) in [5.74, 6) is 0.522. The van der Waals surface area contributed by atoms with E-state index in [1.807, 2.05) is 6.92 Å². The zero-order chi connectivity index (χ0) is 10.7. The van der Waals surface area contributed by atoms with Gasteiger partial charge >= 0.3 is 0 Å². The van der Waals surface area contributed by atoms with Crippen molar-refractivity contribution in [3.8, 4) is 6.07 Å². The maximum Gasteiger partial charge on any atom is 0.0700 e. The Morgan fingerprint density at radius 3 is 2.36 bits per heavy atom. The molecule has 0 spiro atoms. The van der Waals surface area contributed by atoms with Gasteiger partial charge in [0.15, 0.2) is 0 Å². The quantitative estimate of drug-likeness (QED) is 0.691. The van der Waals surface area contributed by atoms with Gasteiger partial charge in [0, 0.05) is 0 Å². The fourth-order valence-corrected chi connectivity index (χ4v) is 1.62. The molecule has 0 N–H and O–H groups in total. The van der Waals surface area contributed by atoms with Crippen LogP contribution in [0.25, 0.3) is 0 Å². The molecule has 0 fully saturated rings. The molecule has 0 bridgehead atoms. The first-order chi connectivity index (χ1) is 6.56. The van der Waals surface area contributed by atoms with Crippen LogP contribution in [-0.2, 0) is 0 Å². The van der Waals surface area contributed by atoms with Crippen molar-refractivity contribution < 1.29 is 0 Å². The molecule has 0 saturated carbocycles. The largest absolute Gasteiger partial charge is 0.198 e. The summed E-state index contributed by atoms with van der Waals surface area (Å²) in [6.07, 6.45) is 0. The van der Waals surface area contributed by atoms with Crippen molar-refractivity contribution in [2.24, 2.45) is 0 Å². The smallest absolute Gasteiger partial charge is 0.0700 e. The van der Waals surface area contributed by atoms with Crippen LogP contribution in [0.15, 0.2) is 18.2 Å². The highest BCUT2D eigenvalue weighted by atomic mass is 14.3. The molecule has 1 aromatic rings. The van der Waals surface area contributed by atoms with E-state index in [0.717, 1.165) is 5.56 Å². The Bertz CT molecular complexity index is 358. The van der Waals surface area contributed by atoms with Gasteiger partial charge in [-0.2, -0.15) is 5.26 Å². The van der Waals surface area contributed by atoms with Crippen molar-refractivity contribution >= 4 is 0 Å². The highest BCUT2D eigenvalue weighted by Gasteiger charge is 2.08. The van der Waals surface area contributed by atoms with Crippen molar-refractivity contribution in [3.63, 3.8) is 0 Å². The first-order valence-electron chi connectivity index (χ1n) is 5.06. The summed E-state index contributed by atoms with van der Waals surface area (Å²) < 4.78 is 0. The maximum absolute atomic E-state index is 8.84. The van der Waals surface area contributed by atoms with Gasteiger partial charge in [-0.05, 0) is 36.5 Å². The predicted octanol–water partition coefficient (Wildman–Crippen LogP) is 3.75. The standard InChI is InChI=1S/C13H17N/c1-9(2)13-7-12(11(4)8-14)6-5-10(13)3/h5-7,9,11H,1-4H3. The van der Waals surface area contributed by atoms with Crippen LogP contribution in [0.3, 0.4) is 0 Å². The number of benzene rings is 1. The number of nitriles is 1. The van der Waals surface area contributed by atoms with Gasteiger partial charge in [0.1, 0.15) is 0 Å². The van der Waals surface area contributed by atoms with Gasteiger partial charge in [-0.25, -0.2) is 0 Å². The van der Waals surface area contributed by atoms with Gasteiger partial charge in [-0.1, -0.05) is 32.0 Å². The number of aryl methyl sites for hydroxylation is 1. The fourth-order valence-electron chi connectivity index (χ4n) is 1.62. The number of hydrogen-bond acceptors (Lipinski definition) is 1. The SMILES string of the molecule is Cc1ccc(C(C)C#N)cc1C(C)C. The first kappa shape index (κ1) is 10.8. The van der Waals surface area contributed by atoms with E-state index in [0.29, 0.717) is 5.92 Å². The Labute approximate surface area is 86.4 Å². The lowest BCUT2D eigenvalue weighted by Crippen LogP contribution is -1.96. The molecule has 0 radical (unpaired) electrons. The Morgan fingerprint density at radius 2 is 1.86 bits per heavy atom. The highest BCUT2D eigenvalue weighted by Crippen LogP contribution is 2.23. The third-order valence-corrected chi connectivity index (χ3v) is 2.62. The molecular weight excluding hydrogens is 170 g/mol. The molecular formula is C13H17N. The average Bonchev–Trinajstić information content (AvgIpc) is 2.17. The maximum atomic E-state index is 8.84. The van der Waals surface area contributed by atoms with Crippen LogP contribution < -0.4 is 0 Å². The molecule has 14 heavy (non-hydrogen) atoms. The number of nitrogens with zero attached hydrogens (tertiary/aromatic N) is 1. The molecule has 0 aliphatic rings. The minimum absolute atomic E-state index is 0.00639. The third-order valence-electron chi connectivity index (χ3n) is 2.62. The summed E-state index contributed by atoms with van der Waals surface area (Å²) in [6, 6.07) is 8.59. The van der Waals surface area contributed by atoms with E-state index >= 15 is 0 Å². The van der Waals surface area contributed by atoms with Crippen LogP contribution in [0.4, 0.5) is 0 Å². The Hall–Kier alpha value is -1.29. The minimum Gasteiger partial charge on any atom is -0.198 e. The molecule has 0 aliphatic carbocycles. The van der Waals surface area contributed by atoms with Crippen molar-refractivity contribution in [1.82, 2.24) is 0 Å². The van der Waals surface area contributed by atoms with E-state index < -0.39 is 0 Å². The zero-order valence-corrected chi connectivity index (χ0v) is 9.33.